The van der Waals surface area contributed by atoms with Gasteiger partial charge in [-0.1, -0.05) is 17.7 Å². The molecule has 144 valence electrons. The van der Waals surface area contributed by atoms with Gasteiger partial charge in [-0.15, -0.1) is 0 Å². The molecule has 0 atom stereocenters. The van der Waals surface area contributed by atoms with E-state index in [2.05, 4.69) is 15.6 Å². The second-order valence-corrected chi connectivity index (χ2v) is 5.50. The molecule has 0 saturated carbocycles. The normalized spacial score (nSPS) is 10.8. The number of pyridine rings is 1. The first-order chi connectivity index (χ1) is 12.7. The van der Waals surface area contributed by atoms with Crippen molar-refractivity contribution in [2.75, 3.05) is 18.4 Å². The van der Waals surface area contributed by atoms with Crippen molar-refractivity contribution in [1.82, 2.24) is 15.6 Å². The lowest BCUT2D eigenvalue weighted by molar-refractivity contribution is -0.137. The fourth-order valence-corrected chi connectivity index (χ4v) is 1.84. The number of urea groups is 1. The summed E-state index contributed by atoms with van der Waals surface area (Å²) in [5.74, 6) is -0.0322. The molecule has 0 aliphatic carbocycles. The lowest BCUT2D eigenvalue weighted by Crippen LogP contribution is -2.42. The average Bonchev–Trinajstić information content (AvgIpc) is 2.61. The van der Waals surface area contributed by atoms with Crippen LogP contribution in [0.1, 0.15) is 5.56 Å². The molecule has 0 radical (unpaired) electrons. The summed E-state index contributed by atoms with van der Waals surface area (Å²) >= 11 is 0. The Kier molecular flexibility index (Phi) is 6.58. The van der Waals surface area contributed by atoms with Crippen LogP contribution in [0.2, 0.25) is 0 Å². The van der Waals surface area contributed by atoms with Gasteiger partial charge < -0.3 is 20.7 Å². The molecule has 1 aromatic heterocycles. The number of hydrogen-bond donors (Lipinski definition) is 3. The first-order valence-corrected chi connectivity index (χ1v) is 7.80. The van der Waals surface area contributed by atoms with Gasteiger partial charge in [-0.3, -0.25) is 4.79 Å². The fourth-order valence-electron chi connectivity index (χ4n) is 1.84. The van der Waals surface area contributed by atoms with Gasteiger partial charge in [0.1, 0.15) is 12.3 Å². The van der Waals surface area contributed by atoms with E-state index in [1.54, 1.807) is 17.4 Å². The van der Waals surface area contributed by atoms with Crippen LogP contribution in [0.15, 0.2) is 42.6 Å². The Morgan fingerprint density at radius 2 is 1.78 bits per heavy atom. The molecule has 2 rings (SSSR count). The molecule has 0 unspecified atom stereocenters. The minimum Gasteiger partial charge on any atom is -0.439 e. The van der Waals surface area contributed by atoms with E-state index in [-0.39, 0.29) is 0 Å². The third-order valence-corrected chi connectivity index (χ3v) is 3.13. The highest BCUT2D eigenvalue weighted by Gasteiger charge is 2.27. The van der Waals surface area contributed by atoms with Crippen LogP contribution < -0.4 is 20.7 Å². The Morgan fingerprint density at radius 3 is 2.37 bits per heavy atom. The topological polar surface area (TPSA) is 92.4 Å². The molecule has 27 heavy (non-hydrogen) atoms. The molecular formula is C17H17F3N4O3. The zero-order valence-corrected chi connectivity index (χ0v) is 14.3. The number of carbonyl (C=O) groups is 2. The van der Waals surface area contributed by atoms with Crippen LogP contribution in [-0.2, 0) is 4.79 Å². The Hall–Kier alpha value is -3.30. The van der Waals surface area contributed by atoms with Gasteiger partial charge in [0.15, 0.2) is 0 Å². The highest BCUT2D eigenvalue weighted by Crippen LogP contribution is 2.20. The van der Waals surface area contributed by atoms with E-state index >= 15 is 0 Å². The van der Waals surface area contributed by atoms with Crippen LogP contribution in [0.4, 0.5) is 23.7 Å². The number of aromatic nitrogens is 1. The van der Waals surface area contributed by atoms with Crippen molar-refractivity contribution >= 4 is 17.6 Å². The molecule has 0 aliphatic heterocycles. The number of amides is 3. The van der Waals surface area contributed by atoms with E-state index in [9.17, 15) is 22.8 Å². The number of anilines is 1. The maximum absolute atomic E-state index is 12.0. The van der Waals surface area contributed by atoms with Crippen LogP contribution in [0.3, 0.4) is 0 Å². The Balaban J connectivity index is 1.77. The van der Waals surface area contributed by atoms with Gasteiger partial charge in [0.2, 0.25) is 11.8 Å². The quantitative estimate of drug-likeness (QED) is 0.716. The van der Waals surface area contributed by atoms with E-state index in [0.717, 1.165) is 5.56 Å². The average molecular weight is 382 g/mol. The minimum atomic E-state index is -4.51. The number of aryl methyl sites for hydroxylation is 1. The van der Waals surface area contributed by atoms with E-state index < -0.39 is 31.2 Å². The number of benzene rings is 1. The maximum Gasteiger partial charge on any atom is 0.405 e. The molecule has 3 amide bonds. The molecule has 2 aromatic rings. The molecular weight excluding hydrogens is 365 g/mol. The fraction of sp³-hybridized carbons (Fsp3) is 0.235. The number of rotatable bonds is 6. The van der Waals surface area contributed by atoms with E-state index in [4.69, 9.17) is 4.74 Å². The summed E-state index contributed by atoms with van der Waals surface area (Å²) < 4.78 is 41.4. The lowest BCUT2D eigenvalue weighted by Gasteiger charge is -2.10. The van der Waals surface area contributed by atoms with E-state index in [1.807, 2.05) is 19.1 Å². The minimum absolute atomic E-state index is 0.316. The van der Waals surface area contributed by atoms with E-state index in [1.165, 1.54) is 18.3 Å². The van der Waals surface area contributed by atoms with Gasteiger partial charge in [0.05, 0.1) is 18.4 Å². The van der Waals surface area contributed by atoms with Crippen molar-refractivity contribution in [3.05, 3.63) is 48.2 Å². The molecule has 0 saturated heterocycles. The zero-order valence-electron chi connectivity index (χ0n) is 14.3. The number of alkyl halides is 3. The van der Waals surface area contributed by atoms with Crippen molar-refractivity contribution in [3.63, 3.8) is 0 Å². The number of hydrogen-bond acceptors (Lipinski definition) is 4. The standard InChI is InChI=1S/C17H17F3N4O3/c1-11-2-5-13(6-3-11)27-15-7-4-12(8-21-15)24-16(26)22-9-14(25)23-10-17(18,19)20/h2-8H,9-10H2,1H3,(H,23,25)(H2,22,24,26). The van der Waals surface area contributed by atoms with Gasteiger partial charge in [0, 0.05) is 6.07 Å². The summed E-state index contributed by atoms with van der Waals surface area (Å²) in [5.41, 5.74) is 1.41. The highest BCUT2D eigenvalue weighted by atomic mass is 19.4. The highest BCUT2D eigenvalue weighted by molar-refractivity contribution is 5.92. The summed E-state index contributed by atoms with van der Waals surface area (Å²) in [6, 6.07) is 9.67. The summed E-state index contributed by atoms with van der Waals surface area (Å²) in [6.07, 6.45) is -3.17. The van der Waals surface area contributed by atoms with Gasteiger partial charge in [-0.2, -0.15) is 13.2 Å². The van der Waals surface area contributed by atoms with Crippen molar-refractivity contribution in [1.29, 1.82) is 0 Å². The Morgan fingerprint density at radius 1 is 1.07 bits per heavy atom. The SMILES string of the molecule is Cc1ccc(Oc2ccc(NC(=O)NCC(=O)NCC(F)(F)F)cn2)cc1. The predicted molar refractivity (Wildman–Crippen MR) is 91.6 cm³/mol. The van der Waals surface area contributed by atoms with Crippen LogP contribution in [-0.4, -0.2) is 36.2 Å². The van der Waals surface area contributed by atoms with Gasteiger partial charge in [-0.25, -0.2) is 9.78 Å². The molecule has 1 aromatic carbocycles. The van der Waals surface area contributed by atoms with Crippen LogP contribution in [0.25, 0.3) is 0 Å². The molecule has 1 heterocycles. The Labute approximate surface area is 152 Å². The van der Waals surface area contributed by atoms with E-state index in [0.29, 0.717) is 17.3 Å². The number of carbonyl (C=O) groups excluding carboxylic acids is 2. The van der Waals surface area contributed by atoms with Gasteiger partial charge >= 0.3 is 12.2 Å². The number of nitrogens with one attached hydrogen (secondary N) is 3. The van der Waals surface area contributed by atoms with Crippen molar-refractivity contribution < 1.29 is 27.5 Å². The zero-order chi connectivity index (χ0) is 19.9. The molecule has 7 nitrogen and oxygen atoms in total. The van der Waals surface area contributed by atoms with Crippen molar-refractivity contribution in [3.8, 4) is 11.6 Å². The second kappa shape index (κ2) is 8.88. The third-order valence-electron chi connectivity index (χ3n) is 3.13. The van der Waals surface area contributed by atoms with Gasteiger partial charge in [0.25, 0.3) is 0 Å². The maximum atomic E-state index is 12.0. The molecule has 3 N–H and O–H groups in total. The van der Waals surface area contributed by atoms with Crippen molar-refractivity contribution in [2.45, 2.75) is 13.1 Å². The Bertz CT molecular complexity index is 778. The molecule has 0 fully saturated rings. The van der Waals surface area contributed by atoms with Gasteiger partial charge in [-0.05, 0) is 25.1 Å². The summed E-state index contributed by atoms with van der Waals surface area (Å²) in [5, 5.41) is 6.18. The molecule has 10 heteroatoms. The summed E-state index contributed by atoms with van der Waals surface area (Å²) in [6.45, 7) is -0.0983. The smallest absolute Gasteiger partial charge is 0.405 e. The lowest BCUT2D eigenvalue weighted by atomic mass is 10.2. The number of ether oxygens (including phenoxy) is 1. The molecule has 0 aliphatic rings. The third kappa shape index (κ3) is 7.63. The second-order valence-electron chi connectivity index (χ2n) is 5.50. The summed E-state index contributed by atoms with van der Waals surface area (Å²) in [7, 11) is 0. The van der Waals surface area contributed by atoms with Crippen LogP contribution >= 0.6 is 0 Å². The summed E-state index contributed by atoms with van der Waals surface area (Å²) in [4.78, 5) is 26.9. The number of halogens is 3. The van der Waals surface area contributed by atoms with Crippen molar-refractivity contribution in [2.24, 2.45) is 0 Å². The first kappa shape index (κ1) is 20.0. The largest absolute Gasteiger partial charge is 0.439 e. The molecule has 0 spiro atoms. The number of nitrogens with zero attached hydrogens (tertiary/aromatic N) is 1. The monoisotopic (exact) mass is 382 g/mol. The van der Waals surface area contributed by atoms with Crippen LogP contribution in [0.5, 0.6) is 11.6 Å². The first-order valence-electron chi connectivity index (χ1n) is 7.80. The predicted octanol–water partition coefficient (Wildman–Crippen LogP) is 2.98. The molecule has 0 bridgehead atoms. The van der Waals surface area contributed by atoms with Crippen LogP contribution in [0, 0.1) is 6.92 Å².